The molecule has 0 radical (unpaired) electrons. The second kappa shape index (κ2) is 7.89. The van der Waals surface area contributed by atoms with Crippen molar-refractivity contribution in [2.75, 3.05) is 18.7 Å². The number of anilines is 1. The molecule has 3 atom stereocenters. The minimum Gasteiger partial charge on any atom is -0.731 e. The summed E-state index contributed by atoms with van der Waals surface area (Å²) in [6.45, 7) is 1.41. The standard InChI is InChI=1S/C14H17N3O8S.Na/c1-8(13(19)16(24-2)10-4-3-7-25-10)12(18)15-6-5-9-11(15)14(20)17(9)26(21,22)23;/h3-4,7-9,11H,5-6H2,1-2H3,(H,21,22,23);/q;+1/p-1/t8?,9-,11+;/m1./s1. The maximum absolute atomic E-state index is 12.7. The van der Waals surface area contributed by atoms with Crippen LogP contribution >= 0.6 is 0 Å². The molecule has 0 spiro atoms. The number of nitrogens with zero attached hydrogens (tertiary/aromatic N) is 3. The predicted octanol–water partition coefficient (Wildman–Crippen LogP) is -3.91. The van der Waals surface area contributed by atoms with Crippen LogP contribution in [0, 0.1) is 5.92 Å². The van der Waals surface area contributed by atoms with Gasteiger partial charge >= 0.3 is 29.6 Å². The first-order valence-corrected chi connectivity index (χ1v) is 9.06. The third-order valence-corrected chi connectivity index (χ3v) is 5.42. The molecule has 3 rings (SSSR count). The zero-order valence-corrected chi connectivity index (χ0v) is 17.7. The molecule has 0 aliphatic carbocycles. The van der Waals surface area contributed by atoms with Crippen molar-refractivity contribution in [3.05, 3.63) is 18.4 Å². The topological polar surface area (TPSA) is 140 Å². The van der Waals surface area contributed by atoms with Crippen molar-refractivity contribution >= 4 is 33.9 Å². The fourth-order valence-electron chi connectivity index (χ4n) is 3.26. The van der Waals surface area contributed by atoms with E-state index in [2.05, 4.69) is 0 Å². The third kappa shape index (κ3) is 3.65. The van der Waals surface area contributed by atoms with Crippen molar-refractivity contribution in [3.63, 3.8) is 0 Å². The first-order valence-electron chi connectivity index (χ1n) is 7.69. The van der Waals surface area contributed by atoms with Crippen molar-refractivity contribution < 1.29 is 66.2 Å². The normalized spacial score (nSPS) is 22.6. The summed E-state index contributed by atoms with van der Waals surface area (Å²) in [5, 5.41) is 0.813. The van der Waals surface area contributed by atoms with Crippen molar-refractivity contribution in [3.8, 4) is 0 Å². The van der Waals surface area contributed by atoms with Gasteiger partial charge in [0.15, 0.2) is 10.3 Å². The van der Waals surface area contributed by atoms with Gasteiger partial charge in [0.25, 0.3) is 11.8 Å². The van der Waals surface area contributed by atoms with E-state index in [1.807, 2.05) is 0 Å². The van der Waals surface area contributed by atoms with E-state index in [0.717, 1.165) is 9.96 Å². The van der Waals surface area contributed by atoms with Crippen molar-refractivity contribution in [2.45, 2.75) is 25.4 Å². The summed E-state index contributed by atoms with van der Waals surface area (Å²) < 4.78 is 38.6. The molecule has 2 saturated heterocycles. The number of β-lactam (4-membered cyclic amide) rings is 1. The van der Waals surface area contributed by atoms with Gasteiger partial charge in [-0.15, -0.1) is 0 Å². The number of likely N-dealkylation sites (tertiary alicyclic amines) is 1. The van der Waals surface area contributed by atoms with Crippen molar-refractivity contribution in [1.29, 1.82) is 0 Å². The third-order valence-electron chi connectivity index (χ3n) is 4.49. The molecule has 3 amide bonds. The molecule has 0 aromatic carbocycles. The Bertz CT molecular complexity index is 843. The van der Waals surface area contributed by atoms with Gasteiger partial charge in [0.05, 0.1) is 19.4 Å². The Hall–Kier alpha value is -1.44. The van der Waals surface area contributed by atoms with E-state index >= 15 is 0 Å². The van der Waals surface area contributed by atoms with Crippen LogP contribution in [0.2, 0.25) is 0 Å². The van der Waals surface area contributed by atoms with Crippen LogP contribution in [-0.2, 0) is 29.5 Å². The fourth-order valence-corrected chi connectivity index (χ4v) is 4.14. The monoisotopic (exact) mass is 409 g/mol. The smallest absolute Gasteiger partial charge is 0.731 e. The second-order valence-electron chi connectivity index (χ2n) is 5.91. The van der Waals surface area contributed by atoms with Crippen LogP contribution < -0.4 is 34.6 Å². The molecular weight excluding hydrogens is 393 g/mol. The summed E-state index contributed by atoms with van der Waals surface area (Å²) >= 11 is 0. The molecule has 2 aliphatic heterocycles. The van der Waals surface area contributed by atoms with E-state index in [-0.39, 0.29) is 52.7 Å². The number of amides is 3. The fraction of sp³-hybridized carbons (Fsp3) is 0.500. The van der Waals surface area contributed by atoms with Crippen LogP contribution in [0.1, 0.15) is 13.3 Å². The van der Waals surface area contributed by atoms with E-state index in [9.17, 15) is 27.4 Å². The molecule has 1 aromatic rings. The first kappa shape index (κ1) is 21.9. The van der Waals surface area contributed by atoms with Crippen molar-refractivity contribution in [1.82, 2.24) is 9.21 Å². The van der Waals surface area contributed by atoms with Gasteiger partial charge in [0, 0.05) is 12.6 Å². The van der Waals surface area contributed by atoms with Crippen LogP contribution in [0.15, 0.2) is 22.8 Å². The molecule has 3 heterocycles. The Morgan fingerprint density at radius 1 is 1.44 bits per heavy atom. The van der Waals surface area contributed by atoms with E-state index in [1.54, 1.807) is 0 Å². The van der Waals surface area contributed by atoms with Crippen molar-refractivity contribution in [2.24, 2.45) is 5.92 Å². The SMILES string of the molecule is CON(C(=O)C(C)C(=O)N1CC[C@@H]2[C@H]1C(=O)N2S(=O)(=O)[O-])c1ccco1.[Na+]. The van der Waals surface area contributed by atoms with E-state index < -0.39 is 46.0 Å². The summed E-state index contributed by atoms with van der Waals surface area (Å²) in [5.41, 5.74) is 0. The number of fused-ring (bicyclic) bond motifs is 1. The Morgan fingerprint density at radius 3 is 2.63 bits per heavy atom. The number of hydrogen-bond acceptors (Lipinski definition) is 8. The molecule has 27 heavy (non-hydrogen) atoms. The Morgan fingerprint density at radius 2 is 2.11 bits per heavy atom. The molecule has 2 fully saturated rings. The molecule has 13 heteroatoms. The van der Waals surface area contributed by atoms with E-state index in [4.69, 9.17) is 9.25 Å². The summed E-state index contributed by atoms with van der Waals surface area (Å²) in [5.74, 6) is -3.45. The zero-order valence-electron chi connectivity index (χ0n) is 14.9. The first-order chi connectivity index (χ1) is 12.2. The maximum Gasteiger partial charge on any atom is 1.00 e. The minimum absolute atomic E-state index is 0. The average molecular weight is 409 g/mol. The summed E-state index contributed by atoms with van der Waals surface area (Å²) in [6.07, 6.45) is 1.48. The van der Waals surface area contributed by atoms with Crippen LogP contribution in [0.3, 0.4) is 0 Å². The Kier molecular flexibility index (Phi) is 6.39. The Labute approximate surface area is 177 Å². The van der Waals surface area contributed by atoms with Gasteiger partial charge in [-0.1, -0.05) is 0 Å². The van der Waals surface area contributed by atoms with Gasteiger partial charge < -0.3 is 13.9 Å². The molecule has 0 N–H and O–H groups in total. The number of carbonyl (C=O) groups is 3. The van der Waals surface area contributed by atoms with Crippen LogP contribution in [-0.4, -0.2) is 65.6 Å². The Balaban J connectivity index is 0.00000261. The molecule has 0 bridgehead atoms. The largest absolute Gasteiger partial charge is 1.00 e. The zero-order chi connectivity index (χ0) is 19.2. The van der Waals surface area contributed by atoms with E-state index in [0.29, 0.717) is 0 Å². The number of carbonyl (C=O) groups excluding carboxylic acids is 3. The number of hydroxylamine groups is 1. The van der Waals surface area contributed by atoms with Gasteiger partial charge in [-0.25, -0.2) is 12.7 Å². The van der Waals surface area contributed by atoms with Crippen LogP contribution in [0.4, 0.5) is 5.88 Å². The minimum atomic E-state index is -4.91. The van der Waals surface area contributed by atoms with E-state index in [1.165, 1.54) is 32.4 Å². The molecule has 142 valence electrons. The van der Waals surface area contributed by atoms with Gasteiger partial charge in [0.1, 0.15) is 12.0 Å². The molecule has 1 unspecified atom stereocenters. The van der Waals surface area contributed by atoms with Gasteiger partial charge in [-0.3, -0.25) is 19.2 Å². The van der Waals surface area contributed by atoms with Gasteiger partial charge in [-0.2, -0.15) is 5.06 Å². The quantitative estimate of drug-likeness (QED) is 0.158. The van der Waals surface area contributed by atoms with Crippen LogP contribution in [0.5, 0.6) is 0 Å². The molecule has 0 saturated carbocycles. The maximum atomic E-state index is 12.7. The number of furan rings is 1. The molecule has 11 nitrogen and oxygen atoms in total. The summed E-state index contributed by atoms with van der Waals surface area (Å²) in [6, 6.07) is 1.09. The van der Waals surface area contributed by atoms with Gasteiger partial charge in [0.2, 0.25) is 11.8 Å². The summed E-state index contributed by atoms with van der Waals surface area (Å²) in [4.78, 5) is 43.3. The molecule has 2 aliphatic rings. The number of hydrogen-bond donors (Lipinski definition) is 0. The molecule has 1 aromatic heterocycles. The average Bonchev–Trinajstić information content (AvgIpc) is 3.20. The predicted molar refractivity (Wildman–Crippen MR) is 82.8 cm³/mol. The van der Waals surface area contributed by atoms with Crippen LogP contribution in [0.25, 0.3) is 0 Å². The summed E-state index contributed by atoms with van der Waals surface area (Å²) in [7, 11) is -3.68. The van der Waals surface area contributed by atoms with Gasteiger partial charge in [-0.05, 0) is 19.4 Å². The molecular formula is C14H16N3NaO8S. The second-order valence-corrected chi connectivity index (χ2v) is 7.16. The number of rotatable bonds is 5.